The first-order valence-corrected chi connectivity index (χ1v) is 5.01. The summed E-state index contributed by atoms with van der Waals surface area (Å²) in [5.74, 6) is 0.207. The molecule has 7 heteroatoms. The first-order chi connectivity index (χ1) is 7.74. The molecular weight excluding hydrogens is 212 g/mol. The van der Waals surface area contributed by atoms with Gasteiger partial charge < -0.3 is 20.3 Å². The van der Waals surface area contributed by atoms with Crippen LogP contribution in [-0.4, -0.2) is 35.8 Å². The molecule has 0 spiro atoms. The molecule has 7 nitrogen and oxygen atoms in total. The van der Waals surface area contributed by atoms with Crippen LogP contribution in [0.5, 0.6) is 0 Å². The molecule has 0 radical (unpaired) electrons. The minimum Gasteiger partial charge on any atom is -0.385 e. The van der Waals surface area contributed by atoms with Crippen molar-refractivity contribution in [3.05, 3.63) is 12.2 Å². The number of aromatic nitrogens is 2. The van der Waals surface area contributed by atoms with Crippen molar-refractivity contribution in [2.24, 2.45) is 5.73 Å². The first-order valence-electron chi connectivity index (χ1n) is 5.01. The molecule has 0 aliphatic rings. The van der Waals surface area contributed by atoms with Crippen molar-refractivity contribution >= 4 is 5.91 Å². The van der Waals surface area contributed by atoms with Gasteiger partial charge in [0.1, 0.15) is 0 Å². The standard InChI is InChI=1S/C9H16N4O3/c1-15-4-2-3-7(10)9(14)11-5-8-12-6-16-13-8/h6-7H,2-5,10H2,1H3,(H,11,14). The van der Waals surface area contributed by atoms with Gasteiger partial charge in [0.05, 0.1) is 12.6 Å². The Morgan fingerprint density at radius 1 is 1.75 bits per heavy atom. The summed E-state index contributed by atoms with van der Waals surface area (Å²) in [6, 6.07) is -0.526. The zero-order valence-corrected chi connectivity index (χ0v) is 9.18. The second-order valence-electron chi connectivity index (χ2n) is 3.31. The van der Waals surface area contributed by atoms with Gasteiger partial charge >= 0.3 is 0 Å². The summed E-state index contributed by atoms with van der Waals surface area (Å²) in [6.07, 6.45) is 2.55. The number of carbonyl (C=O) groups is 1. The van der Waals surface area contributed by atoms with E-state index in [9.17, 15) is 4.79 Å². The fourth-order valence-electron chi connectivity index (χ4n) is 1.15. The van der Waals surface area contributed by atoms with E-state index in [-0.39, 0.29) is 12.5 Å². The maximum Gasteiger partial charge on any atom is 0.237 e. The van der Waals surface area contributed by atoms with Crippen molar-refractivity contribution in [2.75, 3.05) is 13.7 Å². The molecule has 1 heterocycles. The minimum atomic E-state index is -0.526. The fourth-order valence-corrected chi connectivity index (χ4v) is 1.15. The molecule has 3 N–H and O–H groups in total. The second kappa shape index (κ2) is 6.91. The summed E-state index contributed by atoms with van der Waals surface area (Å²) in [7, 11) is 1.61. The SMILES string of the molecule is COCCCC(N)C(=O)NCc1ncon1. The number of rotatable bonds is 7. The Morgan fingerprint density at radius 2 is 2.56 bits per heavy atom. The number of nitrogens with zero attached hydrogens (tertiary/aromatic N) is 2. The molecule has 90 valence electrons. The molecule has 0 aliphatic carbocycles. The van der Waals surface area contributed by atoms with Gasteiger partial charge in [0, 0.05) is 13.7 Å². The van der Waals surface area contributed by atoms with Crippen molar-refractivity contribution in [2.45, 2.75) is 25.4 Å². The molecule has 0 bridgehead atoms. The van der Waals surface area contributed by atoms with Gasteiger partial charge in [0.25, 0.3) is 0 Å². The van der Waals surface area contributed by atoms with Gasteiger partial charge in [-0.15, -0.1) is 0 Å². The molecule has 0 aliphatic heterocycles. The summed E-state index contributed by atoms with van der Waals surface area (Å²) < 4.78 is 9.40. The number of hydrogen-bond donors (Lipinski definition) is 2. The zero-order chi connectivity index (χ0) is 11.8. The van der Waals surface area contributed by atoms with Crippen molar-refractivity contribution in [1.29, 1.82) is 0 Å². The van der Waals surface area contributed by atoms with Crippen molar-refractivity contribution in [3.8, 4) is 0 Å². The van der Waals surface area contributed by atoms with E-state index in [0.29, 0.717) is 18.9 Å². The van der Waals surface area contributed by atoms with E-state index in [1.54, 1.807) is 7.11 Å². The number of nitrogens with one attached hydrogen (secondary N) is 1. The topological polar surface area (TPSA) is 103 Å². The lowest BCUT2D eigenvalue weighted by Gasteiger charge is -2.10. The molecule has 0 aromatic carbocycles. The predicted octanol–water partition coefficient (Wildman–Crippen LogP) is -0.560. The number of methoxy groups -OCH3 is 1. The van der Waals surface area contributed by atoms with Crippen LogP contribution in [0.4, 0.5) is 0 Å². The Morgan fingerprint density at radius 3 is 3.19 bits per heavy atom. The fraction of sp³-hybridized carbons (Fsp3) is 0.667. The number of carbonyl (C=O) groups excluding carboxylic acids is 1. The Balaban J connectivity index is 2.18. The largest absolute Gasteiger partial charge is 0.385 e. The smallest absolute Gasteiger partial charge is 0.237 e. The van der Waals surface area contributed by atoms with Crippen LogP contribution in [0.15, 0.2) is 10.9 Å². The van der Waals surface area contributed by atoms with Crippen LogP contribution in [0.1, 0.15) is 18.7 Å². The predicted molar refractivity (Wildman–Crippen MR) is 55.2 cm³/mol. The molecule has 0 saturated carbocycles. The lowest BCUT2D eigenvalue weighted by atomic mass is 10.1. The summed E-state index contributed by atoms with van der Waals surface area (Å²) in [5.41, 5.74) is 5.67. The van der Waals surface area contributed by atoms with Crippen LogP contribution in [0.2, 0.25) is 0 Å². The lowest BCUT2D eigenvalue weighted by molar-refractivity contribution is -0.122. The van der Waals surface area contributed by atoms with E-state index >= 15 is 0 Å². The van der Waals surface area contributed by atoms with Crippen LogP contribution in [-0.2, 0) is 16.1 Å². The van der Waals surface area contributed by atoms with Crippen LogP contribution in [0, 0.1) is 0 Å². The molecule has 0 fully saturated rings. The highest BCUT2D eigenvalue weighted by atomic mass is 16.5. The van der Waals surface area contributed by atoms with Gasteiger partial charge in [-0.05, 0) is 12.8 Å². The highest BCUT2D eigenvalue weighted by Crippen LogP contribution is 1.96. The lowest BCUT2D eigenvalue weighted by Crippen LogP contribution is -2.40. The highest BCUT2D eigenvalue weighted by molar-refractivity contribution is 5.81. The Kier molecular flexibility index (Phi) is 5.44. The van der Waals surface area contributed by atoms with E-state index < -0.39 is 6.04 Å². The van der Waals surface area contributed by atoms with Crippen LogP contribution >= 0.6 is 0 Å². The maximum absolute atomic E-state index is 11.5. The van der Waals surface area contributed by atoms with Crippen LogP contribution < -0.4 is 11.1 Å². The van der Waals surface area contributed by atoms with Gasteiger partial charge in [-0.3, -0.25) is 4.79 Å². The second-order valence-corrected chi connectivity index (χ2v) is 3.31. The van der Waals surface area contributed by atoms with E-state index in [4.69, 9.17) is 10.5 Å². The van der Waals surface area contributed by atoms with Crippen molar-refractivity contribution < 1.29 is 14.1 Å². The summed E-state index contributed by atoms with van der Waals surface area (Å²) in [5, 5.41) is 6.18. The molecule has 1 aromatic rings. The Bertz CT molecular complexity index is 302. The summed E-state index contributed by atoms with van der Waals surface area (Å²) in [6.45, 7) is 0.832. The van der Waals surface area contributed by atoms with Crippen LogP contribution in [0.25, 0.3) is 0 Å². The molecular formula is C9H16N4O3. The number of amides is 1. The van der Waals surface area contributed by atoms with Crippen molar-refractivity contribution in [3.63, 3.8) is 0 Å². The molecule has 1 aromatic heterocycles. The minimum absolute atomic E-state index is 0.221. The maximum atomic E-state index is 11.5. The Labute approximate surface area is 93.3 Å². The summed E-state index contributed by atoms with van der Waals surface area (Å²) >= 11 is 0. The molecule has 1 amide bonds. The Hall–Kier alpha value is -1.47. The van der Waals surface area contributed by atoms with Gasteiger partial charge in [-0.1, -0.05) is 5.16 Å². The molecule has 1 rings (SSSR count). The molecule has 1 atom stereocenters. The highest BCUT2D eigenvalue weighted by Gasteiger charge is 2.13. The average molecular weight is 228 g/mol. The van der Waals surface area contributed by atoms with Gasteiger partial charge in [0.15, 0.2) is 5.82 Å². The van der Waals surface area contributed by atoms with Gasteiger partial charge in [0.2, 0.25) is 12.3 Å². The van der Waals surface area contributed by atoms with E-state index in [1.165, 1.54) is 6.39 Å². The third kappa shape index (κ3) is 4.37. The number of ether oxygens (including phenoxy) is 1. The monoisotopic (exact) mass is 228 g/mol. The first kappa shape index (κ1) is 12.6. The number of nitrogens with two attached hydrogens (primary N) is 1. The van der Waals surface area contributed by atoms with E-state index in [1.807, 2.05) is 0 Å². The zero-order valence-electron chi connectivity index (χ0n) is 9.18. The summed E-state index contributed by atoms with van der Waals surface area (Å²) in [4.78, 5) is 15.2. The van der Waals surface area contributed by atoms with Crippen LogP contribution in [0.3, 0.4) is 0 Å². The normalized spacial score (nSPS) is 12.4. The molecule has 16 heavy (non-hydrogen) atoms. The third-order valence-corrected chi connectivity index (χ3v) is 2.03. The third-order valence-electron chi connectivity index (χ3n) is 2.03. The van der Waals surface area contributed by atoms with E-state index in [2.05, 4.69) is 20.0 Å². The van der Waals surface area contributed by atoms with Gasteiger partial charge in [-0.2, -0.15) is 4.98 Å². The average Bonchev–Trinajstić information content (AvgIpc) is 2.79. The molecule has 0 saturated heterocycles. The van der Waals surface area contributed by atoms with Gasteiger partial charge in [-0.25, -0.2) is 0 Å². The van der Waals surface area contributed by atoms with Crippen molar-refractivity contribution in [1.82, 2.24) is 15.5 Å². The molecule has 1 unspecified atom stereocenters. The van der Waals surface area contributed by atoms with E-state index in [0.717, 1.165) is 6.42 Å². The quantitative estimate of drug-likeness (QED) is 0.606. The number of hydrogen-bond acceptors (Lipinski definition) is 6.